The smallest absolute Gasteiger partial charge is 0.0326 e. The van der Waals surface area contributed by atoms with Crippen molar-refractivity contribution < 1.29 is 0 Å². The molecule has 0 aromatic carbocycles. The molecular weight excluding hydrogens is 132 g/mol. The van der Waals surface area contributed by atoms with Crippen LogP contribution in [0.1, 0.15) is 52.9 Å². The van der Waals surface area contributed by atoms with Gasteiger partial charge in [-0.2, -0.15) is 0 Å². The summed E-state index contributed by atoms with van der Waals surface area (Å²) in [7, 11) is 0. The SMILES string of the molecule is C=C(C)CCCC(CC)CC. The number of rotatable bonds is 6. The van der Waals surface area contributed by atoms with Gasteiger partial charge in [0.1, 0.15) is 0 Å². The highest BCUT2D eigenvalue weighted by Gasteiger charge is 2.01. The number of hydrogen-bond acceptors (Lipinski definition) is 0. The van der Waals surface area contributed by atoms with Crippen molar-refractivity contribution in [2.45, 2.75) is 52.9 Å². The maximum atomic E-state index is 3.90. The van der Waals surface area contributed by atoms with E-state index in [1.54, 1.807) is 0 Å². The van der Waals surface area contributed by atoms with Gasteiger partial charge in [-0.15, -0.1) is 6.58 Å². The number of allylic oxidation sites excluding steroid dienone is 1. The van der Waals surface area contributed by atoms with E-state index >= 15 is 0 Å². The zero-order chi connectivity index (χ0) is 8.69. The van der Waals surface area contributed by atoms with Crippen LogP contribution in [0.3, 0.4) is 0 Å². The fraction of sp³-hybridized carbons (Fsp3) is 0.818. The highest BCUT2D eigenvalue weighted by Crippen LogP contribution is 2.17. The van der Waals surface area contributed by atoms with Crippen LogP contribution in [0.15, 0.2) is 12.2 Å². The quantitative estimate of drug-likeness (QED) is 0.504. The monoisotopic (exact) mass is 154 g/mol. The van der Waals surface area contributed by atoms with Gasteiger partial charge < -0.3 is 0 Å². The summed E-state index contributed by atoms with van der Waals surface area (Å²) < 4.78 is 0. The van der Waals surface area contributed by atoms with Gasteiger partial charge in [-0.05, 0) is 25.7 Å². The van der Waals surface area contributed by atoms with Gasteiger partial charge in [0, 0.05) is 0 Å². The second-order valence-corrected chi connectivity index (χ2v) is 3.53. The summed E-state index contributed by atoms with van der Waals surface area (Å²) in [4.78, 5) is 0. The Balaban J connectivity index is 3.28. The molecule has 0 unspecified atom stereocenters. The third kappa shape index (κ3) is 6.15. The molecule has 0 spiro atoms. The Bertz CT molecular complexity index is 98.6. The van der Waals surface area contributed by atoms with Gasteiger partial charge in [-0.25, -0.2) is 0 Å². The summed E-state index contributed by atoms with van der Waals surface area (Å²) in [6, 6.07) is 0. The van der Waals surface area contributed by atoms with Crippen molar-refractivity contribution in [3.8, 4) is 0 Å². The molecule has 0 radical (unpaired) electrons. The topological polar surface area (TPSA) is 0 Å². The van der Waals surface area contributed by atoms with Crippen LogP contribution in [0.2, 0.25) is 0 Å². The van der Waals surface area contributed by atoms with Gasteiger partial charge >= 0.3 is 0 Å². The predicted molar refractivity (Wildman–Crippen MR) is 52.7 cm³/mol. The van der Waals surface area contributed by atoms with Gasteiger partial charge in [0.2, 0.25) is 0 Å². The molecular formula is C11H22. The first-order chi connectivity index (χ1) is 5.20. The molecule has 0 amide bonds. The molecule has 0 aromatic rings. The summed E-state index contributed by atoms with van der Waals surface area (Å²) in [6.45, 7) is 10.6. The molecule has 0 aliphatic heterocycles. The van der Waals surface area contributed by atoms with Crippen LogP contribution in [-0.2, 0) is 0 Å². The first-order valence-electron chi connectivity index (χ1n) is 4.85. The molecule has 0 atom stereocenters. The Kier molecular flexibility index (Phi) is 6.30. The van der Waals surface area contributed by atoms with E-state index in [2.05, 4.69) is 27.4 Å². The Morgan fingerprint density at radius 3 is 2.18 bits per heavy atom. The Hall–Kier alpha value is -0.260. The summed E-state index contributed by atoms with van der Waals surface area (Å²) >= 11 is 0. The predicted octanol–water partition coefficient (Wildman–Crippen LogP) is 4.17. The molecule has 0 heteroatoms. The fourth-order valence-corrected chi connectivity index (χ4v) is 1.39. The Morgan fingerprint density at radius 2 is 1.82 bits per heavy atom. The van der Waals surface area contributed by atoms with Crippen molar-refractivity contribution >= 4 is 0 Å². The van der Waals surface area contributed by atoms with Gasteiger partial charge in [-0.3, -0.25) is 0 Å². The largest absolute Gasteiger partial charge is 0.100 e. The van der Waals surface area contributed by atoms with Crippen LogP contribution in [0.5, 0.6) is 0 Å². The zero-order valence-corrected chi connectivity index (χ0v) is 8.32. The third-order valence-corrected chi connectivity index (χ3v) is 2.37. The van der Waals surface area contributed by atoms with Gasteiger partial charge in [0.25, 0.3) is 0 Å². The molecule has 11 heavy (non-hydrogen) atoms. The molecule has 0 saturated heterocycles. The summed E-state index contributed by atoms with van der Waals surface area (Å²) in [5, 5.41) is 0. The van der Waals surface area contributed by atoms with Crippen molar-refractivity contribution in [3.05, 3.63) is 12.2 Å². The molecule has 0 bridgehead atoms. The van der Waals surface area contributed by atoms with Crippen LogP contribution >= 0.6 is 0 Å². The first-order valence-corrected chi connectivity index (χ1v) is 4.85. The van der Waals surface area contributed by atoms with Gasteiger partial charge in [-0.1, -0.05) is 38.7 Å². The molecule has 0 aliphatic carbocycles. The number of hydrogen-bond donors (Lipinski definition) is 0. The highest BCUT2D eigenvalue weighted by molar-refractivity contribution is 4.87. The van der Waals surface area contributed by atoms with Crippen molar-refractivity contribution in [3.63, 3.8) is 0 Å². The molecule has 0 heterocycles. The lowest BCUT2D eigenvalue weighted by molar-refractivity contribution is 0.441. The maximum Gasteiger partial charge on any atom is -0.0326 e. The summed E-state index contributed by atoms with van der Waals surface area (Å²) in [5.74, 6) is 0.953. The molecule has 0 rings (SSSR count). The van der Waals surface area contributed by atoms with Crippen LogP contribution in [-0.4, -0.2) is 0 Å². The zero-order valence-electron chi connectivity index (χ0n) is 8.32. The Morgan fingerprint density at radius 1 is 1.27 bits per heavy atom. The van der Waals surface area contributed by atoms with Crippen LogP contribution in [0.25, 0.3) is 0 Å². The lowest BCUT2D eigenvalue weighted by Crippen LogP contribution is -1.96. The van der Waals surface area contributed by atoms with E-state index in [9.17, 15) is 0 Å². The third-order valence-electron chi connectivity index (χ3n) is 2.37. The molecule has 0 fully saturated rings. The average molecular weight is 154 g/mol. The van der Waals surface area contributed by atoms with Crippen LogP contribution in [0, 0.1) is 5.92 Å². The van der Waals surface area contributed by atoms with E-state index in [0.717, 1.165) is 5.92 Å². The van der Waals surface area contributed by atoms with Crippen molar-refractivity contribution in [1.29, 1.82) is 0 Å². The normalized spacial score (nSPS) is 10.5. The molecule has 66 valence electrons. The summed E-state index contributed by atoms with van der Waals surface area (Å²) in [6.07, 6.45) is 6.62. The van der Waals surface area contributed by atoms with E-state index in [1.807, 2.05) is 0 Å². The van der Waals surface area contributed by atoms with Gasteiger partial charge in [0.15, 0.2) is 0 Å². The highest BCUT2D eigenvalue weighted by atomic mass is 14.1. The molecule has 0 N–H and O–H groups in total. The van der Waals surface area contributed by atoms with E-state index in [1.165, 1.54) is 37.7 Å². The average Bonchev–Trinajstić information content (AvgIpc) is 1.98. The molecule has 0 aromatic heterocycles. The van der Waals surface area contributed by atoms with E-state index in [0.29, 0.717) is 0 Å². The second kappa shape index (κ2) is 6.45. The standard InChI is InChI=1S/C11H22/c1-5-11(6-2)9-7-8-10(3)4/h11H,3,5-9H2,1-2,4H3. The van der Waals surface area contributed by atoms with Crippen molar-refractivity contribution in [2.75, 3.05) is 0 Å². The van der Waals surface area contributed by atoms with E-state index in [4.69, 9.17) is 0 Å². The van der Waals surface area contributed by atoms with E-state index < -0.39 is 0 Å². The minimum atomic E-state index is 0.953. The Labute approximate surface area is 71.7 Å². The summed E-state index contributed by atoms with van der Waals surface area (Å²) in [5.41, 5.74) is 1.33. The second-order valence-electron chi connectivity index (χ2n) is 3.53. The molecule has 0 aliphatic rings. The molecule has 0 saturated carbocycles. The van der Waals surface area contributed by atoms with Gasteiger partial charge in [0.05, 0.1) is 0 Å². The minimum absolute atomic E-state index is 0.953. The lowest BCUT2D eigenvalue weighted by Gasteiger charge is -2.10. The minimum Gasteiger partial charge on any atom is -0.100 e. The van der Waals surface area contributed by atoms with Crippen molar-refractivity contribution in [1.82, 2.24) is 0 Å². The fourth-order valence-electron chi connectivity index (χ4n) is 1.39. The van der Waals surface area contributed by atoms with Crippen LogP contribution in [0.4, 0.5) is 0 Å². The van der Waals surface area contributed by atoms with Crippen LogP contribution < -0.4 is 0 Å². The first kappa shape index (κ1) is 10.7. The molecule has 0 nitrogen and oxygen atoms in total. The maximum absolute atomic E-state index is 3.90. The van der Waals surface area contributed by atoms with Crippen molar-refractivity contribution in [2.24, 2.45) is 5.92 Å². The van der Waals surface area contributed by atoms with E-state index in [-0.39, 0.29) is 0 Å². The lowest BCUT2D eigenvalue weighted by atomic mass is 9.96.